The maximum Gasteiger partial charge on any atom is 0.295 e. The fourth-order valence-electron chi connectivity index (χ4n) is 3.21. The first-order chi connectivity index (χ1) is 15.3. The second-order valence-electron chi connectivity index (χ2n) is 7.19. The molecule has 0 saturated carbocycles. The van der Waals surface area contributed by atoms with E-state index in [-0.39, 0.29) is 23.0 Å². The lowest BCUT2D eigenvalue weighted by Crippen LogP contribution is -2.27. The molecule has 6 nitrogen and oxygen atoms in total. The number of anilines is 1. The number of benzene rings is 2. The third-order valence-corrected chi connectivity index (χ3v) is 7.14. The maximum atomic E-state index is 13.1. The van der Waals surface area contributed by atoms with Crippen molar-refractivity contribution in [1.82, 2.24) is 14.3 Å². The highest BCUT2D eigenvalue weighted by molar-refractivity contribution is 8.02. The molecule has 9 heteroatoms. The van der Waals surface area contributed by atoms with Crippen molar-refractivity contribution in [3.8, 4) is 16.9 Å². The van der Waals surface area contributed by atoms with Gasteiger partial charge in [0.15, 0.2) is 4.34 Å². The zero-order valence-electron chi connectivity index (χ0n) is 17.7. The first-order valence-corrected chi connectivity index (χ1v) is 11.6. The Bertz CT molecular complexity index is 1310. The van der Waals surface area contributed by atoms with Crippen LogP contribution in [0.2, 0.25) is 0 Å². The highest BCUT2D eigenvalue weighted by atomic mass is 32.2. The van der Waals surface area contributed by atoms with Crippen LogP contribution in [0.15, 0.2) is 69.1 Å². The van der Waals surface area contributed by atoms with Gasteiger partial charge in [-0.15, -0.1) is 11.3 Å². The molecule has 1 atom stereocenters. The molecule has 0 aliphatic rings. The third kappa shape index (κ3) is 4.39. The van der Waals surface area contributed by atoms with Crippen LogP contribution in [0.25, 0.3) is 16.9 Å². The number of halogens is 1. The molecule has 0 spiro atoms. The molecule has 2 aromatic heterocycles. The van der Waals surface area contributed by atoms with Crippen molar-refractivity contribution < 1.29 is 9.18 Å². The molecule has 2 heterocycles. The number of carbonyl (C=O) groups excluding carboxylic acids is 1. The number of hydrogen-bond acceptors (Lipinski definition) is 5. The molecular weight excluding hydrogens is 447 g/mol. The Balaban J connectivity index is 1.49. The predicted octanol–water partition coefficient (Wildman–Crippen LogP) is 4.87. The van der Waals surface area contributed by atoms with Gasteiger partial charge in [0.1, 0.15) is 11.5 Å². The van der Waals surface area contributed by atoms with Crippen LogP contribution < -0.4 is 10.9 Å². The highest BCUT2D eigenvalue weighted by Crippen LogP contribution is 2.31. The first kappa shape index (κ1) is 22.0. The summed E-state index contributed by atoms with van der Waals surface area (Å²) in [5, 5.41) is 4.20. The Hall–Kier alpha value is -3.17. The number of thiazole rings is 1. The topological polar surface area (TPSA) is 68.9 Å². The Morgan fingerprint density at radius 2 is 1.84 bits per heavy atom. The monoisotopic (exact) mass is 468 g/mol. The van der Waals surface area contributed by atoms with E-state index in [0.29, 0.717) is 5.69 Å². The summed E-state index contributed by atoms with van der Waals surface area (Å²) in [6, 6.07) is 15.4. The largest absolute Gasteiger partial charge is 0.319 e. The quantitative estimate of drug-likeness (QED) is 0.410. The number of carbonyl (C=O) groups is 1. The van der Waals surface area contributed by atoms with Crippen LogP contribution in [-0.4, -0.2) is 25.5 Å². The van der Waals surface area contributed by atoms with Crippen LogP contribution in [0, 0.1) is 12.7 Å². The van der Waals surface area contributed by atoms with Crippen molar-refractivity contribution in [1.29, 1.82) is 0 Å². The zero-order chi connectivity index (χ0) is 22.8. The van der Waals surface area contributed by atoms with Gasteiger partial charge < -0.3 is 5.32 Å². The van der Waals surface area contributed by atoms with E-state index in [1.165, 1.54) is 39.9 Å². The summed E-state index contributed by atoms with van der Waals surface area (Å²) < 4.78 is 17.1. The molecule has 0 bridgehead atoms. The summed E-state index contributed by atoms with van der Waals surface area (Å²) in [6.07, 6.45) is 0. The summed E-state index contributed by atoms with van der Waals surface area (Å²) in [4.78, 5) is 30.4. The van der Waals surface area contributed by atoms with Gasteiger partial charge in [0.25, 0.3) is 5.56 Å². The molecule has 0 aliphatic carbocycles. The average molecular weight is 469 g/mol. The van der Waals surface area contributed by atoms with E-state index < -0.39 is 5.25 Å². The van der Waals surface area contributed by atoms with Gasteiger partial charge in [0.05, 0.1) is 22.3 Å². The fourth-order valence-corrected chi connectivity index (χ4v) is 5.18. The van der Waals surface area contributed by atoms with E-state index in [4.69, 9.17) is 0 Å². The molecule has 32 heavy (non-hydrogen) atoms. The molecule has 0 radical (unpaired) electrons. The Morgan fingerprint density at radius 3 is 2.53 bits per heavy atom. The summed E-state index contributed by atoms with van der Waals surface area (Å²) >= 11 is 2.73. The van der Waals surface area contributed by atoms with Crippen LogP contribution in [-0.2, 0) is 11.8 Å². The number of nitrogens with zero attached hydrogens (tertiary/aromatic N) is 3. The maximum absolute atomic E-state index is 13.1. The molecule has 2 aromatic carbocycles. The van der Waals surface area contributed by atoms with Gasteiger partial charge >= 0.3 is 0 Å². The number of rotatable bonds is 6. The molecule has 0 unspecified atom stereocenters. The fraction of sp³-hybridized carbons (Fsp3) is 0.174. The molecular formula is C23H21FN4O2S2. The van der Waals surface area contributed by atoms with Gasteiger partial charge in [0.2, 0.25) is 5.91 Å². The van der Waals surface area contributed by atoms with Crippen molar-refractivity contribution in [2.24, 2.45) is 7.05 Å². The normalized spacial score (nSPS) is 12.0. The second-order valence-corrected chi connectivity index (χ2v) is 9.64. The lowest BCUT2D eigenvalue weighted by molar-refractivity contribution is -0.115. The predicted molar refractivity (Wildman–Crippen MR) is 127 cm³/mol. The average Bonchev–Trinajstić information content (AvgIpc) is 3.33. The molecule has 0 aliphatic heterocycles. The van der Waals surface area contributed by atoms with Gasteiger partial charge in [-0.25, -0.2) is 14.1 Å². The van der Waals surface area contributed by atoms with Crippen molar-refractivity contribution in [2.75, 3.05) is 5.32 Å². The minimum Gasteiger partial charge on any atom is -0.319 e. The van der Waals surface area contributed by atoms with Gasteiger partial charge in [-0.05, 0) is 50.2 Å². The Labute approximate surface area is 192 Å². The van der Waals surface area contributed by atoms with Crippen LogP contribution in [0.4, 0.5) is 10.1 Å². The lowest BCUT2D eigenvalue weighted by atomic mass is 10.2. The number of amides is 1. The molecule has 1 amide bonds. The standard InChI is InChI=1S/C23H21FN4O2S2/c1-14-20(22(30)28(27(14)3)18-7-5-4-6-8-18)26-21(29)15(2)32-23-25-19(13-31-23)16-9-11-17(24)12-10-16/h4-13,15H,1-3H3,(H,26,29)/t15-/m1/s1. The van der Waals surface area contributed by atoms with Gasteiger partial charge in [0, 0.05) is 18.0 Å². The third-order valence-electron chi connectivity index (χ3n) is 5.07. The van der Waals surface area contributed by atoms with Gasteiger partial charge in [-0.3, -0.25) is 14.3 Å². The van der Waals surface area contributed by atoms with E-state index >= 15 is 0 Å². The highest BCUT2D eigenvalue weighted by Gasteiger charge is 2.22. The summed E-state index contributed by atoms with van der Waals surface area (Å²) in [5.41, 5.74) is 2.91. The Kier molecular flexibility index (Phi) is 6.29. The second kappa shape index (κ2) is 9.13. The zero-order valence-corrected chi connectivity index (χ0v) is 19.3. The van der Waals surface area contributed by atoms with E-state index in [1.807, 2.05) is 35.7 Å². The number of hydrogen-bond donors (Lipinski definition) is 1. The molecule has 0 fully saturated rings. The summed E-state index contributed by atoms with van der Waals surface area (Å²) in [5.74, 6) is -0.578. The van der Waals surface area contributed by atoms with Crippen molar-refractivity contribution in [3.63, 3.8) is 0 Å². The molecule has 164 valence electrons. The van der Waals surface area contributed by atoms with Crippen LogP contribution in [0.1, 0.15) is 12.6 Å². The SMILES string of the molecule is Cc1c(NC(=O)[C@@H](C)Sc2nc(-c3ccc(F)cc3)cs2)c(=O)n(-c2ccccc2)n1C. The van der Waals surface area contributed by atoms with Gasteiger partial charge in [-0.2, -0.15) is 0 Å². The van der Waals surface area contributed by atoms with Crippen LogP contribution in [0.5, 0.6) is 0 Å². The number of thioether (sulfide) groups is 1. The summed E-state index contributed by atoms with van der Waals surface area (Å²) in [6.45, 7) is 3.57. The summed E-state index contributed by atoms with van der Waals surface area (Å²) in [7, 11) is 1.78. The van der Waals surface area contributed by atoms with Crippen molar-refractivity contribution in [2.45, 2.75) is 23.4 Å². The number of para-hydroxylation sites is 1. The number of aromatic nitrogens is 3. The molecule has 1 N–H and O–H groups in total. The Morgan fingerprint density at radius 1 is 1.16 bits per heavy atom. The first-order valence-electron chi connectivity index (χ1n) is 9.88. The van der Waals surface area contributed by atoms with Crippen LogP contribution >= 0.6 is 23.1 Å². The van der Waals surface area contributed by atoms with E-state index in [9.17, 15) is 14.0 Å². The van der Waals surface area contributed by atoms with Gasteiger partial charge in [-0.1, -0.05) is 30.0 Å². The molecule has 4 aromatic rings. The number of nitrogens with one attached hydrogen (secondary N) is 1. The minimum absolute atomic E-state index is 0.264. The molecule has 0 saturated heterocycles. The van der Waals surface area contributed by atoms with E-state index in [2.05, 4.69) is 10.3 Å². The van der Waals surface area contributed by atoms with Crippen molar-refractivity contribution in [3.05, 3.63) is 81.8 Å². The van der Waals surface area contributed by atoms with Crippen LogP contribution in [0.3, 0.4) is 0 Å². The van der Waals surface area contributed by atoms with E-state index in [0.717, 1.165) is 21.3 Å². The lowest BCUT2D eigenvalue weighted by Gasteiger charge is -2.09. The van der Waals surface area contributed by atoms with E-state index in [1.54, 1.807) is 37.7 Å². The molecule has 4 rings (SSSR count). The van der Waals surface area contributed by atoms with Crippen molar-refractivity contribution >= 4 is 34.7 Å². The minimum atomic E-state index is -0.466. The smallest absolute Gasteiger partial charge is 0.295 e.